The number of amides is 1. The van der Waals surface area contributed by atoms with Gasteiger partial charge in [0.1, 0.15) is 6.04 Å². The maximum atomic E-state index is 12.5. The summed E-state index contributed by atoms with van der Waals surface area (Å²) in [7, 11) is 0. The molecule has 1 aliphatic rings. The maximum Gasteiger partial charge on any atom is 0.326 e. The molecule has 7 nitrogen and oxygen atoms in total. The number of nitrogens with one attached hydrogen (secondary N) is 2. The van der Waals surface area contributed by atoms with Crippen LogP contribution in [0.25, 0.3) is 22.0 Å². The van der Waals surface area contributed by atoms with Crippen LogP contribution in [0.1, 0.15) is 49.0 Å². The van der Waals surface area contributed by atoms with E-state index in [1.807, 2.05) is 57.2 Å². The Bertz CT molecular complexity index is 1170. The summed E-state index contributed by atoms with van der Waals surface area (Å²) in [6.45, 7) is 5.98. The molecule has 1 amide bonds. The third-order valence-corrected chi connectivity index (χ3v) is 5.61. The van der Waals surface area contributed by atoms with Gasteiger partial charge in [0, 0.05) is 23.2 Å². The molecule has 0 radical (unpaired) electrons. The molecular formula is C25H28N4O3. The molecule has 4 rings (SSSR count). The number of aliphatic carboxylic acids is 1. The molecule has 1 heterocycles. The van der Waals surface area contributed by atoms with E-state index in [1.165, 1.54) is 0 Å². The zero-order valence-electron chi connectivity index (χ0n) is 18.6. The summed E-state index contributed by atoms with van der Waals surface area (Å²) in [5.74, 6) is -0.424. The lowest BCUT2D eigenvalue weighted by molar-refractivity contribution is -0.138. The molecule has 0 bridgehead atoms. The fraction of sp³-hybridized carbons (Fsp3) is 0.360. The average molecular weight is 433 g/mol. The minimum atomic E-state index is -0.918. The third kappa shape index (κ3) is 5.04. The van der Waals surface area contributed by atoms with E-state index in [1.54, 1.807) is 6.20 Å². The zero-order valence-corrected chi connectivity index (χ0v) is 18.6. The SMILES string of the molecule is Cc1ccc(C(=O)NC2CC2)cc1-c1ccc2nc(NC(CC(C)C)C(=O)O)ncc2c1. The van der Waals surface area contributed by atoms with Gasteiger partial charge < -0.3 is 15.7 Å². The molecule has 0 aliphatic heterocycles. The Balaban J connectivity index is 1.59. The van der Waals surface area contributed by atoms with Crippen LogP contribution in [0.3, 0.4) is 0 Å². The number of fused-ring (bicyclic) bond motifs is 1. The second kappa shape index (κ2) is 8.94. The van der Waals surface area contributed by atoms with Gasteiger partial charge in [0.15, 0.2) is 0 Å². The van der Waals surface area contributed by atoms with Gasteiger partial charge in [-0.25, -0.2) is 14.8 Å². The average Bonchev–Trinajstić information content (AvgIpc) is 3.57. The van der Waals surface area contributed by atoms with Crippen LogP contribution in [0, 0.1) is 12.8 Å². The molecule has 32 heavy (non-hydrogen) atoms. The Labute approximate surface area is 187 Å². The number of hydrogen-bond acceptors (Lipinski definition) is 5. The number of carboxylic acid groups (broad SMARTS) is 1. The summed E-state index contributed by atoms with van der Waals surface area (Å²) in [5, 5.41) is 16.3. The van der Waals surface area contributed by atoms with Gasteiger partial charge in [-0.1, -0.05) is 26.0 Å². The Morgan fingerprint density at radius 1 is 1.16 bits per heavy atom. The molecule has 1 atom stereocenters. The Morgan fingerprint density at radius 2 is 1.94 bits per heavy atom. The number of carboxylic acids is 1. The Hall–Kier alpha value is -3.48. The summed E-state index contributed by atoms with van der Waals surface area (Å²) >= 11 is 0. The van der Waals surface area contributed by atoms with Crippen molar-refractivity contribution in [1.82, 2.24) is 15.3 Å². The molecule has 1 saturated carbocycles. The fourth-order valence-corrected chi connectivity index (χ4v) is 3.69. The lowest BCUT2D eigenvalue weighted by Crippen LogP contribution is -2.31. The van der Waals surface area contributed by atoms with Gasteiger partial charge in [-0.2, -0.15) is 0 Å². The predicted molar refractivity (Wildman–Crippen MR) is 125 cm³/mol. The lowest BCUT2D eigenvalue weighted by atomic mass is 9.97. The summed E-state index contributed by atoms with van der Waals surface area (Å²) in [6, 6.07) is 11.2. The zero-order chi connectivity index (χ0) is 22.8. The van der Waals surface area contributed by atoms with E-state index in [4.69, 9.17) is 0 Å². The van der Waals surface area contributed by atoms with E-state index in [0.717, 1.165) is 40.4 Å². The number of nitrogens with zero attached hydrogens (tertiary/aromatic N) is 2. The van der Waals surface area contributed by atoms with Crippen molar-refractivity contribution in [2.45, 2.75) is 52.1 Å². The van der Waals surface area contributed by atoms with Crippen LogP contribution in [0.4, 0.5) is 5.95 Å². The molecule has 1 aromatic heterocycles. The van der Waals surface area contributed by atoms with Crippen molar-refractivity contribution in [3.63, 3.8) is 0 Å². The number of carbonyl (C=O) groups excluding carboxylic acids is 1. The van der Waals surface area contributed by atoms with Gasteiger partial charge >= 0.3 is 5.97 Å². The molecular weight excluding hydrogens is 404 g/mol. The number of aryl methyl sites for hydroxylation is 1. The van der Waals surface area contributed by atoms with Crippen LogP contribution in [-0.2, 0) is 4.79 Å². The van der Waals surface area contributed by atoms with Crippen LogP contribution in [0.5, 0.6) is 0 Å². The van der Waals surface area contributed by atoms with E-state index in [2.05, 4.69) is 20.6 Å². The first-order valence-electron chi connectivity index (χ1n) is 11.0. The predicted octanol–water partition coefficient (Wildman–Crippen LogP) is 4.41. The van der Waals surface area contributed by atoms with Crippen molar-refractivity contribution in [3.05, 3.63) is 53.7 Å². The highest BCUT2D eigenvalue weighted by atomic mass is 16.4. The van der Waals surface area contributed by atoms with Crippen LogP contribution in [0.2, 0.25) is 0 Å². The third-order valence-electron chi connectivity index (χ3n) is 5.61. The summed E-state index contributed by atoms with van der Waals surface area (Å²) in [4.78, 5) is 32.8. The second-order valence-electron chi connectivity index (χ2n) is 8.91. The molecule has 0 saturated heterocycles. The number of aromatic nitrogens is 2. The van der Waals surface area contributed by atoms with E-state index in [-0.39, 0.29) is 11.8 Å². The highest BCUT2D eigenvalue weighted by molar-refractivity contribution is 5.96. The van der Waals surface area contributed by atoms with E-state index in [0.29, 0.717) is 24.0 Å². The van der Waals surface area contributed by atoms with Crippen LogP contribution in [-0.4, -0.2) is 39.0 Å². The number of anilines is 1. The first kappa shape index (κ1) is 21.7. The van der Waals surface area contributed by atoms with Gasteiger partial charge in [-0.05, 0) is 73.1 Å². The second-order valence-corrected chi connectivity index (χ2v) is 8.91. The van der Waals surface area contributed by atoms with Crippen molar-refractivity contribution in [2.24, 2.45) is 5.92 Å². The van der Waals surface area contributed by atoms with Gasteiger partial charge in [-0.15, -0.1) is 0 Å². The quantitative estimate of drug-likeness (QED) is 0.487. The fourth-order valence-electron chi connectivity index (χ4n) is 3.69. The van der Waals surface area contributed by atoms with E-state index < -0.39 is 12.0 Å². The molecule has 3 N–H and O–H groups in total. The minimum absolute atomic E-state index is 0.0389. The van der Waals surface area contributed by atoms with E-state index in [9.17, 15) is 14.7 Å². The highest BCUT2D eigenvalue weighted by Gasteiger charge is 2.24. The van der Waals surface area contributed by atoms with Crippen molar-refractivity contribution < 1.29 is 14.7 Å². The molecule has 7 heteroatoms. The standard InChI is InChI=1S/C25H28N4O3/c1-14(2)10-22(24(31)32)29-25-26-13-18-11-16(6-9-21(18)28-25)20-12-17(5-4-15(20)3)23(30)27-19-7-8-19/h4-6,9,11-14,19,22H,7-8,10H2,1-3H3,(H,27,30)(H,31,32)(H,26,28,29). The van der Waals surface area contributed by atoms with Crippen LogP contribution < -0.4 is 10.6 Å². The van der Waals surface area contributed by atoms with Gasteiger partial charge in [0.25, 0.3) is 5.91 Å². The molecule has 1 unspecified atom stereocenters. The molecule has 0 spiro atoms. The summed E-state index contributed by atoms with van der Waals surface area (Å²) in [5.41, 5.74) is 4.41. The largest absolute Gasteiger partial charge is 0.480 e. The van der Waals surface area contributed by atoms with Crippen molar-refractivity contribution in [2.75, 3.05) is 5.32 Å². The van der Waals surface area contributed by atoms with Gasteiger partial charge in [0.05, 0.1) is 5.52 Å². The molecule has 1 aliphatic carbocycles. The first-order chi connectivity index (χ1) is 15.3. The van der Waals surface area contributed by atoms with Gasteiger partial charge in [0.2, 0.25) is 5.95 Å². The monoisotopic (exact) mass is 432 g/mol. The number of carbonyl (C=O) groups is 2. The lowest BCUT2D eigenvalue weighted by Gasteiger charge is -2.16. The summed E-state index contributed by atoms with van der Waals surface area (Å²) in [6.07, 6.45) is 4.29. The minimum Gasteiger partial charge on any atom is -0.480 e. The normalized spacial score (nSPS) is 14.4. The molecule has 2 aromatic carbocycles. The summed E-state index contributed by atoms with van der Waals surface area (Å²) < 4.78 is 0. The maximum absolute atomic E-state index is 12.5. The molecule has 166 valence electrons. The highest BCUT2D eigenvalue weighted by Crippen LogP contribution is 2.28. The van der Waals surface area contributed by atoms with Crippen molar-refractivity contribution in [3.8, 4) is 11.1 Å². The smallest absolute Gasteiger partial charge is 0.326 e. The van der Waals surface area contributed by atoms with E-state index >= 15 is 0 Å². The Kier molecular flexibility index (Phi) is 6.08. The van der Waals surface area contributed by atoms with Crippen LogP contribution >= 0.6 is 0 Å². The number of hydrogen-bond donors (Lipinski definition) is 3. The molecule has 3 aromatic rings. The van der Waals surface area contributed by atoms with Crippen molar-refractivity contribution >= 4 is 28.7 Å². The first-order valence-corrected chi connectivity index (χ1v) is 11.0. The number of benzene rings is 2. The number of rotatable bonds is 8. The Morgan fingerprint density at radius 3 is 2.62 bits per heavy atom. The van der Waals surface area contributed by atoms with Crippen LogP contribution in [0.15, 0.2) is 42.6 Å². The molecule has 1 fully saturated rings. The van der Waals surface area contributed by atoms with Gasteiger partial charge in [-0.3, -0.25) is 4.79 Å². The topological polar surface area (TPSA) is 104 Å². The van der Waals surface area contributed by atoms with Crippen molar-refractivity contribution in [1.29, 1.82) is 0 Å².